The van der Waals surface area contributed by atoms with Crippen LogP contribution >= 0.6 is 27.3 Å². The second-order valence-corrected chi connectivity index (χ2v) is 6.35. The maximum atomic E-state index is 5.78. The topological polar surface area (TPSA) is 38.0 Å². The fraction of sp³-hybridized carbons (Fsp3) is 0.286. The average Bonchev–Trinajstić information content (AvgIpc) is 2.97. The summed E-state index contributed by atoms with van der Waals surface area (Å²) in [6.45, 7) is 0. The summed E-state index contributed by atoms with van der Waals surface area (Å²) in [6.07, 6.45) is 2.21. The molecular formula is C14H15BrN2S. The van der Waals surface area contributed by atoms with Crippen molar-refractivity contribution in [3.05, 3.63) is 56.2 Å². The van der Waals surface area contributed by atoms with Crippen LogP contribution < -0.4 is 11.3 Å². The molecule has 0 amide bonds. The first-order chi connectivity index (χ1) is 8.79. The summed E-state index contributed by atoms with van der Waals surface area (Å²) in [7, 11) is 0. The van der Waals surface area contributed by atoms with Gasteiger partial charge in [-0.25, -0.2) is 0 Å². The minimum absolute atomic E-state index is 0.220. The molecule has 4 heteroatoms. The van der Waals surface area contributed by atoms with Gasteiger partial charge >= 0.3 is 0 Å². The molecule has 0 spiro atoms. The molecule has 2 nitrogen and oxygen atoms in total. The number of thiophene rings is 1. The van der Waals surface area contributed by atoms with Gasteiger partial charge in [-0.2, -0.15) is 11.3 Å². The van der Waals surface area contributed by atoms with Crippen molar-refractivity contribution in [2.45, 2.75) is 18.9 Å². The molecule has 1 heterocycles. The molecule has 1 atom stereocenters. The van der Waals surface area contributed by atoms with Crippen LogP contribution in [-0.4, -0.2) is 0 Å². The fourth-order valence-electron chi connectivity index (χ4n) is 2.82. The smallest absolute Gasteiger partial charge is 0.0513 e. The lowest BCUT2D eigenvalue weighted by atomic mass is 9.93. The zero-order valence-electron chi connectivity index (χ0n) is 9.90. The number of hydrogen-bond acceptors (Lipinski definition) is 3. The predicted molar refractivity (Wildman–Crippen MR) is 79.4 cm³/mol. The molecular weight excluding hydrogens is 308 g/mol. The molecule has 3 rings (SSSR count). The summed E-state index contributed by atoms with van der Waals surface area (Å²) >= 11 is 5.31. The van der Waals surface area contributed by atoms with Gasteiger partial charge in [0, 0.05) is 9.85 Å². The van der Waals surface area contributed by atoms with Gasteiger partial charge in [-0.05, 0) is 56.8 Å². The first kappa shape index (κ1) is 12.4. The van der Waals surface area contributed by atoms with E-state index in [1.807, 2.05) is 0 Å². The van der Waals surface area contributed by atoms with Crippen LogP contribution in [-0.2, 0) is 12.8 Å². The van der Waals surface area contributed by atoms with Gasteiger partial charge < -0.3 is 0 Å². The van der Waals surface area contributed by atoms with Crippen LogP contribution in [0.2, 0.25) is 0 Å². The standard InChI is InChI=1S/C14H15BrN2S/c15-13-8-18-7-12(13)14(17-16)11-5-9-3-1-2-4-10(9)6-11/h1-4,7-8,11,14,17H,5-6,16H2. The molecule has 0 radical (unpaired) electrons. The first-order valence-corrected chi connectivity index (χ1v) is 7.77. The van der Waals surface area contributed by atoms with E-state index in [9.17, 15) is 0 Å². The quantitative estimate of drug-likeness (QED) is 0.671. The Balaban J connectivity index is 1.86. The average molecular weight is 323 g/mol. The molecule has 1 unspecified atom stereocenters. The minimum Gasteiger partial charge on any atom is -0.271 e. The maximum absolute atomic E-state index is 5.78. The number of rotatable bonds is 3. The van der Waals surface area contributed by atoms with Gasteiger partial charge in [-0.15, -0.1) is 0 Å². The molecule has 0 bridgehead atoms. The molecule has 0 fully saturated rings. The highest BCUT2D eigenvalue weighted by atomic mass is 79.9. The number of fused-ring (bicyclic) bond motifs is 1. The summed E-state index contributed by atoms with van der Waals surface area (Å²) in [6, 6.07) is 8.91. The number of nitrogens with two attached hydrogens (primary N) is 1. The lowest BCUT2D eigenvalue weighted by Crippen LogP contribution is -2.34. The largest absolute Gasteiger partial charge is 0.271 e. The number of hydrazine groups is 1. The van der Waals surface area contributed by atoms with Gasteiger partial charge in [-0.1, -0.05) is 24.3 Å². The van der Waals surface area contributed by atoms with Crippen LogP contribution in [0.3, 0.4) is 0 Å². The van der Waals surface area contributed by atoms with E-state index < -0.39 is 0 Å². The Morgan fingerprint density at radius 3 is 2.39 bits per heavy atom. The lowest BCUT2D eigenvalue weighted by molar-refractivity contribution is 0.379. The predicted octanol–water partition coefficient (Wildman–Crippen LogP) is 3.43. The van der Waals surface area contributed by atoms with E-state index in [1.165, 1.54) is 16.7 Å². The van der Waals surface area contributed by atoms with Crippen molar-refractivity contribution >= 4 is 27.3 Å². The van der Waals surface area contributed by atoms with Crippen molar-refractivity contribution in [1.82, 2.24) is 5.43 Å². The lowest BCUT2D eigenvalue weighted by Gasteiger charge is -2.22. The molecule has 18 heavy (non-hydrogen) atoms. The van der Waals surface area contributed by atoms with Crippen molar-refractivity contribution in [2.75, 3.05) is 0 Å². The normalized spacial score (nSPS) is 16.8. The third kappa shape index (κ3) is 2.14. The Labute approximate surface area is 119 Å². The SMILES string of the molecule is NNC(c1cscc1Br)C1Cc2ccccc2C1. The third-order valence-corrected chi connectivity index (χ3v) is 5.46. The molecule has 1 aliphatic rings. The first-order valence-electron chi connectivity index (χ1n) is 6.04. The van der Waals surface area contributed by atoms with Crippen molar-refractivity contribution in [1.29, 1.82) is 0 Å². The third-order valence-electron chi connectivity index (χ3n) is 3.71. The van der Waals surface area contributed by atoms with Crippen molar-refractivity contribution in [3.63, 3.8) is 0 Å². The Kier molecular flexibility index (Phi) is 3.52. The monoisotopic (exact) mass is 322 g/mol. The fourth-order valence-corrected chi connectivity index (χ4v) is 4.40. The van der Waals surface area contributed by atoms with E-state index >= 15 is 0 Å². The summed E-state index contributed by atoms with van der Waals surface area (Å²) in [5.41, 5.74) is 7.21. The van der Waals surface area contributed by atoms with Crippen LogP contribution in [0, 0.1) is 5.92 Å². The van der Waals surface area contributed by atoms with E-state index in [0.717, 1.165) is 17.3 Å². The van der Waals surface area contributed by atoms with Gasteiger partial charge in [0.25, 0.3) is 0 Å². The van der Waals surface area contributed by atoms with E-state index in [2.05, 4.69) is 56.4 Å². The summed E-state index contributed by atoms with van der Waals surface area (Å²) in [5, 5.41) is 4.29. The van der Waals surface area contributed by atoms with Crippen LogP contribution in [0.25, 0.3) is 0 Å². The highest BCUT2D eigenvalue weighted by Crippen LogP contribution is 2.38. The number of benzene rings is 1. The Bertz CT molecular complexity index is 527. The molecule has 0 aliphatic heterocycles. The molecule has 1 aliphatic carbocycles. The van der Waals surface area contributed by atoms with E-state index in [0.29, 0.717) is 5.92 Å². The Morgan fingerprint density at radius 1 is 1.22 bits per heavy atom. The zero-order chi connectivity index (χ0) is 12.5. The summed E-state index contributed by atoms with van der Waals surface area (Å²) < 4.78 is 1.16. The number of halogens is 1. The van der Waals surface area contributed by atoms with Gasteiger partial charge in [0.1, 0.15) is 0 Å². The molecule has 2 aromatic rings. The highest BCUT2D eigenvalue weighted by molar-refractivity contribution is 9.10. The van der Waals surface area contributed by atoms with E-state index in [4.69, 9.17) is 5.84 Å². The number of nitrogens with one attached hydrogen (secondary N) is 1. The highest BCUT2D eigenvalue weighted by Gasteiger charge is 2.30. The van der Waals surface area contributed by atoms with Crippen LogP contribution in [0.5, 0.6) is 0 Å². The number of hydrogen-bond donors (Lipinski definition) is 2. The van der Waals surface area contributed by atoms with Crippen molar-refractivity contribution < 1.29 is 0 Å². The Hall–Kier alpha value is -0.680. The molecule has 1 aromatic heterocycles. The van der Waals surface area contributed by atoms with Gasteiger partial charge in [0.15, 0.2) is 0 Å². The molecule has 3 N–H and O–H groups in total. The second-order valence-electron chi connectivity index (χ2n) is 4.76. The van der Waals surface area contributed by atoms with Crippen LogP contribution in [0.1, 0.15) is 22.7 Å². The summed E-state index contributed by atoms with van der Waals surface area (Å²) in [5.74, 6) is 6.32. The molecule has 0 saturated heterocycles. The zero-order valence-corrected chi connectivity index (χ0v) is 12.3. The van der Waals surface area contributed by atoms with Crippen LogP contribution in [0.4, 0.5) is 0 Å². The van der Waals surface area contributed by atoms with E-state index in [1.54, 1.807) is 11.3 Å². The molecule has 1 aromatic carbocycles. The van der Waals surface area contributed by atoms with Crippen molar-refractivity contribution in [2.24, 2.45) is 11.8 Å². The van der Waals surface area contributed by atoms with Gasteiger partial charge in [-0.3, -0.25) is 11.3 Å². The van der Waals surface area contributed by atoms with Gasteiger partial charge in [0.2, 0.25) is 0 Å². The molecule has 94 valence electrons. The van der Waals surface area contributed by atoms with Crippen LogP contribution in [0.15, 0.2) is 39.5 Å². The van der Waals surface area contributed by atoms with Crippen molar-refractivity contribution in [3.8, 4) is 0 Å². The van der Waals surface area contributed by atoms with E-state index in [-0.39, 0.29) is 6.04 Å². The summed E-state index contributed by atoms with van der Waals surface area (Å²) in [4.78, 5) is 0. The molecule has 0 saturated carbocycles. The van der Waals surface area contributed by atoms with Gasteiger partial charge in [0.05, 0.1) is 6.04 Å². The second kappa shape index (κ2) is 5.13. The minimum atomic E-state index is 0.220. The maximum Gasteiger partial charge on any atom is 0.0513 e. The Morgan fingerprint density at radius 2 is 1.89 bits per heavy atom.